The number of hydrogen-bond acceptors (Lipinski definition) is 5. The molecule has 3 rings (SSSR count). The second-order valence-corrected chi connectivity index (χ2v) is 7.54. The highest BCUT2D eigenvalue weighted by atomic mass is 32.1. The van der Waals surface area contributed by atoms with Crippen molar-refractivity contribution in [2.45, 2.75) is 18.9 Å². The molecule has 0 radical (unpaired) electrons. The number of rotatable bonds is 4. The molecular weight excluding hydrogens is 392 g/mol. The topological polar surface area (TPSA) is 134 Å². The molecule has 9 heteroatoms. The maximum Gasteiger partial charge on any atom is 0.335 e. The molecule has 1 aromatic carbocycles. The lowest BCUT2D eigenvalue weighted by Gasteiger charge is -2.23. The first-order valence-corrected chi connectivity index (χ1v) is 9.81. The number of carboxylic acid groups (broad SMARTS) is 1. The highest BCUT2D eigenvalue weighted by Crippen LogP contribution is 2.27. The molecule has 1 aromatic heterocycles. The van der Waals surface area contributed by atoms with Crippen molar-refractivity contribution in [3.63, 3.8) is 0 Å². The third kappa shape index (κ3) is 5.57. The Morgan fingerprint density at radius 3 is 2.59 bits per heavy atom. The van der Waals surface area contributed by atoms with Gasteiger partial charge in [-0.25, -0.2) is 9.59 Å². The van der Waals surface area contributed by atoms with Crippen molar-refractivity contribution in [2.75, 3.05) is 18.4 Å². The van der Waals surface area contributed by atoms with Crippen LogP contribution in [0.4, 0.5) is 10.5 Å². The number of thiophene rings is 1. The molecule has 8 nitrogen and oxygen atoms in total. The number of carboxylic acids is 1. The van der Waals surface area contributed by atoms with Crippen LogP contribution in [0.5, 0.6) is 0 Å². The molecule has 3 amide bonds. The Balaban J connectivity index is 1.80. The van der Waals surface area contributed by atoms with E-state index in [0.29, 0.717) is 27.5 Å². The fraction of sp³-hybridized carbons (Fsp3) is 0.250. The number of anilines is 1. The van der Waals surface area contributed by atoms with Gasteiger partial charge in [0, 0.05) is 18.2 Å². The molecule has 2 aromatic rings. The third-order valence-corrected chi connectivity index (χ3v) is 5.34. The standard InChI is InChI=1S/C20H20N4O4S/c21-20(28)24-16-10-15(8-5-12-3-6-13(7-4-12)19(26)27)29-17(16)18(25)23-14-2-1-9-22-11-14/h3-4,6-7,10,14,22H,1-2,9,11H2,(H,23,25)(H,26,27)(H3,21,24,28)/t14-/m0/s1. The Morgan fingerprint density at radius 2 is 1.97 bits per heavy atom. The molecule has 29 heavy (non-hydrogen) atoms. The van der Waals surface area contributed by atoms with Crippen LogP contribution >= 0.6 is 11.3 Å². The summed E-state index contributed by atoms with van der Waals surface area (Å²) in [5.41, 5.74) is 6.34. The number of piperidine rings is 1. The van der Waals surface area contributed by atoms with Crippen molar-refractivity contribution in [2.24, 2.45) is 5.73 Å². The number of amides is 3. The molecule has 1 atom stereocenters. The van der Waals surface area contributed by atoms with E-state index in [1.165, 1.54) is 12.1 Å². The van der Waals surface area contributed by atoms with Gasteiger partial charge in [0.05, 0.1) is 16.1 Å². The zero-order chi connectivity index (χ0) is 20.8. The van der Waals surface area contributed by atoms with E-state index in [1.807, 2.05) is 0 Å². The largest absolute Gasteiger partial charge is 0.478 e. The lowest BCUT2D eigenvalue weighted by atomic mass is 10.1. The van der Waals surface area contributed by atoms with Crippen molar-refractivity contribution in [1.29, 1.82) is 0 Å². The van der Waals surface area contributed by atoms with Crippen LogP contribution in [-0.4, -0.2) is 42.1 Å². The number of benzene rings is 1. The van der Waals surface area contributed by atoms with E-state index in [2.05, 4.69) is 27.8 Å². The predicted molar refractivity (Wildman–Crippen MR) is 110 cm³/mol. The van der Waals surface area contributed by atoms with Crippen LogP contribution in [0.1, 0.15) is 43.3 Å². The van der Waals surface area contributed by atoms with Crippen LogP contribution in [0.25, 0.3) is 0 Å². The summed E-state index contributed by atoms with van der Waals surface area (Å²) in [7, 11) is 0. The number of urea groups is 1. The highest BCUT2D eigenvalue weighted by Gasteiger charge is 2.21. The summed E-state index contributed by atoms with van der Waals surface area (Å²) in [5, 5.41) is 17.6. The summed E-state index contributed by atoms with van der Waals surface area (Å²) in [6.07, 6.45) is 1.88. The lowest BCUT2D eigenvalue weighted by Crippen LogP contribution is -2.45. The zero-order valence-electron chi connectivity index (χ0n) is 15.5. The molecule has 0 spiro atoms. The number of nitrogens with one attached hydrogen (secondary N) is 3. The third-order valence-electron chi connectivity index (χ3n) is 4.29. The molecule has 1 saturated heterocycles. The van der Waals surface area contributed by atoms with E-state index < -0.39 is 12.0 Å². The van der Waals surface area contributed by atoms with Crippen LogP contribution in [-0.2, 0) is 0 Å². The minimum absolute atomic E-state index is 0.0297. The van der Waals surface area contributed by atoms with Crippen molar-refractivity contribution in [3.8, 4) is 11.8 Å². The van der Waals surface area contributed by atoms with Crippen LogP contribution < -0.4 is 21.7 Å². The fourth-order valence-electron chi connectivity index (χ4n) is 2.90. The number of carbonyl (C=O) groups is 3. The van der Waals surface area contributed by atoms with E-state index in [9.17, 15) is 14.4 Å². The fourth-order valence-corrected chi connectivity index (χ4v) is 3.77. The summed E-state index contributed by atoms with van der Waals surface area (Å²) < 4.78 is 0. The Morgan fingerprint density at radius 1 is 1.21 bits per heavy atom. The van der Waals surface area contributed by atoms with Gasteiger partial charge < -0.3 is 26.8 Å². The van der Waals surface area contributed by atoms with E-state index in [-0.39, 0.29) is 17.5 Å². The Labute approximate surface area is 171 Å². The summed E-state index contributed by atoms with van der Waals surface area (Å²) in [5.74, 6) is 4.57. The van der Waals surface area contributed by atoms with Gasteiger partial charge in [-0.05, 0) is 49.7 Å². The Hall–Kier alpha value is -3.35. The SMILES string of the molecule is NC(=O)Nc1cc(C#Cc2ccc(C(=O)O)cc2)sc1C(=O)N[C@H]1CCCNC1. The number of carbonyl (C=O) groups excluding carboxylic acids is 2. The van der Waals surface area contributed by atoms with Gasteiger partial charge in [-0.15, -0.1) is 11.3 Å². The maximum absolute atomic E-state index is 12.7. The van der Waals surface area contributed by atoms with Crippen LogP contribution in [0, 0.1) is 11.8 Å². The normalized spacial score (nSPS) is 15.7. The van der Waals surface area contributed by atoms with E-state index in [4.69, 9.17) is 10.8 Å². The van der Waals surface area contributed by atoms with Gasteiger partial charge in [0.15, 0.2) is 0 Å². The molecule has 0 saturated carbocycles. The van der Waals surface area contributed by atoms with Crippen molar-refractivity contribution in [3.05, 3.63) is 51.2 Å². The monoisotopic (exact) mass is 412 g/mol. The van der Waals surface area contributed by atoms with Gasteiger partial charge in [0.25, 0.3) is 5.91 Å². The molecule has 1 aliphatic rings. The quantitative estimate of drug-likeness (QED) is 0.489. The molecule has 2 heterocycles. The zero-order valence-corrected chi connectivity index (χ0v) is 16.3. The van der Waals surface area contributed by atoms with Crippen LogP contribution in [0.15, 0.2) is 30.3 Å². The summed E-state index contributed by atoms with van der Waals surface area (Å²) >= 11 is 1.16. The number of nitrogens with two attached hydrogens (primary N) is 1. The van der Waals surface area contributed by atoms with Crippen molar-refractivity contribution in [1.82, 2.24) is 10.6 Å². The predicted octanol–water partition coefficient (Wildman–Crippen LogP) is 1.82. The number of aromatic carboxylic acids is 1. The van der Waals surface area contributed by atoms with Crippen molar-refractivity contribution < 1.29 is 19.5 Å². The second-order valence-electron chi connectivity index (χ2n) is 6.49. The summed E-state index contributed by atoms with van der Waals surface area (Å²) in [4.78, 5) is 35.8. The van der Waals surface area contributed by atoms with Gasteiger partial charge in [0.2, 0.25) is 0 Å². The highest BCUT2D eigenvalue weighted by molar-refractivity contribution is 7.15. The molecule has 1 aliphatic heterocycles. The maximum atomic E-state index is 12.7. The number of hydrogen-bond donors (Lipinski definition) is 5. The van der Waals surface area contributed by atoms with Crippen molar-refractivity contribution >= 4 is 34.9 Å². The first-order valence-electron chi connectivity index (χ1n) is 8.99. The minimum Gasteiger partial charge on any atom is -0.478 e. The lowest BCUT2D eigenvalue weighted by molar-refractivity contribution is 0.0696. The van der Waals surface area contributed by atoms with E-state index >= 15 is 0 Å². The second kappa shape index (κ2) is 9.23. The Kier molecular flexibility index (Phi) is 6.49. The van der Waals surface area contributed by atoms with E-state index in [1.54, 1.807) is 18.2 Å². The first kappa shape index (κ1) is 20.4. The van der Waals surface area contributed by atoms with Gasteiger partial charge in [-0.1, -0.05) is 11.8 Å². The van der Waals surface area contributed by atoms with Gasteiger partial charge in [-0.3, -0.25) is 4.79 Å². The van der Waals surface area contributed by atoms with Crippen LogP contribution in [0.2, 0.25) is 0 Å². The molecule has 0 aliphatic carbocycles. The minimum atomic E-state index is -1.01. The molecule has 1 fully saturated rings. The Bertz CT molecular complexity index is 982. The first-order chi connectivity index (χ1) is 13.9. The molecule has 6 N–H and O–H groups in total. The van der Waals surface area contributed by atoms with Gasteiger partial charge in [-0.2, -0.15) is 0 Å². The van der Waals surface area contributed by atoms with Crippen LogP contribution in [0.3, 0.4) is 0 Å². The molecule has 0 unspecified atom stereocenters. The summed E-state index contributed by atoms with van der Waals surface area (Å²) in [6.45, 7) is 1.64. The summed E-state index contributed by atoms with van der Waals surface area (Å²) in [6, 6.07) is 7.02. The average molecular weight is 412 g/mol. The number of primary amides is 1. The van der Waals surface area contributed by atoms with Gasteiger partial charge >= 0.3 is 12.0 Å². The average Bonchev–Trinajstić information content (AvgIpc) is 3.09. The smallest absolute Gasteiger partial charge is 0.335 e. The van der Waals surface area contributed by atoms with Gasteiger partial charge in [0.1, 0.15) is 4.88 Å². The molecule has 150 valence electrons. The molecular formula is C20H20N4O4S. The van der Waals surface area contributed by atoms with E-state index in [0.717, 1.165) is 30.7 Å². The molecule has 0 bridgehead atoms.